The molecule has 0 aliphatic heterocycles. The zero-order valence-corrected chi connectivity index (χ0v) is 24.3. The summed E-state index contributed by atoms with van der Waals surface area (Å²) in [6.45, 7) is 2.29. The molecule has 0 amide bonds. The zero-order chi connectivity index (χ0) is 28.5. The lowest BCUT2D eigenvalue weighted by Gasteiger charge is -2.27. The van der Waals surface area contributed by atoms with Crippen molar-refractivity contribution in [3.63, 3.8) is 0 Å². The number of furan rings is 1. The third-order valence-corrected chi connectivity index (χ3v) is 10.2. The van der Waals surface area contributed by atoms with Gasteiger partial charge in [-0.3, -0.25) is 0 Å². The molecule has 0 radical (unpaired) electrons. The average Bonchev–Trinajstić information content (AvgIpc) is 3.63. The van der Waals surface area contributed by atoms with Crippen LogP contribution >= 0.6 is 11.3 Å². The largest absolute Gasteiger partial charge is 0.436 e. The van der Waals surface area contributed by atoms with E-state index in [9.17, 15) is 0 Å². The third kappa shape index (κ3) is 3.80. The van der Waals surface area contributed by atoms with Crippen molar-refractivity contribution in [2.45, 2.75) is 12.8 Å². The Kier molecular flexibility index (Phi) is 5.41. The van der Waals surface area contributed by atoms with Gasteiger partial charge in [-0.05, 0) is 51.1 Å². The van der Waals surface area contributed by atoms with Crippen molar-refractivity contribution in [3.05, 3.63) is 139 Å². The van der Waals surface area contributed by atoms with E-state index >= 15 is 0 Å². The van der Waals surface area contributed by atoms with Crippen LogP contribution in [0.5, 0.6) is 0 Å². The van der Waals surface area contributed by atoms with E-state index < -0.39 is 0 Å². The zero-order valence-electron chi connectivity index (χ0n) is 23.5. The average molecular weight is 571 g/mol. The first-order valence-corrected chi connectivity index (χ1v) is 15.5. The molecule has 3 nitrogen and oxygen atoms in total. The van der Waals surface area contributed by atoms with Crippen LogP contribution in [0, 0.1) is 5.92 Å². The van der Waals surface area contributed by atoms with Crippen molar-refractivity contribution in [2.24, 2.45) is 5.92 Å². The molecule has 2 unspecified atom stereocenters. The van der Waals surface area contributed by atoms with E-state index in [1.165, 1.54) is 47.8 Å². The number of hydrogen-bond donors (Lipinski definition) is 0. The second kappa shape index (κ2) is 9.48. The van der Waals surface area contributed by atoms with Gasteiger partial charge >= 0.3 is 0 Å². The van der Waals surface area contributed by atoms with E-state index in [0.29, 0.717) is 5.71 Å². The van der Waals surface area contributed by atoms with Gasteiger partial charge in [0.2, 0.25) is 5.71 Å². The van der Waals surface area contributed by atoms with Crippen molar-refractivity contribution >= 4 is 70.1 Å². The minimum Gasteiger partial charge on any atom is -0.436 e. The monoisotopic (exact) mass is 570 g/mol. The molecule has 43 heavy (non-hydrogen) atoms. The van der Waals surface area contributed by atoms with Gasteiger partial charge < -0.3 is 4.42 Å². The molecule has 5 aromatic carbocycles. The highest BCUT2D eigenvalue weighted by molar-refractivity contribution is 7.26. The summed E-state index contributed by atoms with van der Waals surface area (Å²) in [6.07, 6.45) is 8.57. The van der Waals surface area contributed by atoms with Gasteiger partial charge in [0, 0.05) is 26.1 Å². The Morgan fingerprint density at radius 2 is 1.63 bits per heavy atom. The molecule has 204 valence electrons. The van der Waals surface area contributed by atoms with Crippen LogP contribution in [0.3, 0.4) is 0 Å². The Morgan fingerprint density at radius 3 is 2.58 bits per heavy atom. The summed E-state index contributed by atoms with van der Waals surface area (Å²) < 4.78 is 8.92. The van der Waals surface area contributed by atoms with Gasteiger partial charge in [0.1, 0.15) is 11.1 Å². The molecule has 0 spiro atoms. The molecule has 1 aliphatic rings. The van der Waals surface area contributed by atoms with Crippen LogP contribution in [0.2, 0.25) is 0 Å². The highest BCUT2D eigenvalue weighted by Gasteiger charge is 2.26. The first kappa shape index (κ1) is 24.5. The maximum atomic E-state index is 6.24. The summed E-state index contributed by atoms with van der Waals surface area (Å²) in [4.78, 5) is 9.92. The summed E-state index contributed by atoms with van der Waals surface area (Å²) in [5.41, 5.74) is 8.10. The lowest BCUT2D eigenvalue weighted by atomic mass is 9.78. The van der Waals surface area contributed by atoms with Crippen LogP contribution < -0.4 is 0 Å². The number of rotatable bonds is 3. The maximum absolute atomic E-state index is 6.24. The number of allylic oxidation sites excluding steroid dienone is 4. The Labute approximate surface area is 252 Å². The van der Waals surface area contributed by atoms with Gasteiger partial charge in [-0.2, -0.15) is 0 Å². The Balaban J connectivity index is 1.09. The smallest absolute Gasteiger partial charge is 0.246 e. The highest BCUT2D eigenvalue weighted by atomic mass is 32.1. The Morgan fingerprint density at radius 1 is 0.791 bits per heavy atom. The maximum Gasteiger partial charge on any atom is 0.246 e. The molecule has 0 saturated heterocycles. The van der Waals surface area contributed by atoms with E-state index in [2.05, 4.69) is 122 Å². The molecule has 9 rings (SSSR count). The van der Waals surface area contributed by atoms with Gasteiger partial charge in [-0.1, -0.05) is 116 Å². The molecule has 2 atom stereocenters. The summed E-state index contributed by atoms with van der Waals surface area (Å²) in [5, 5.41) is 5.99. The first-order valence-electron chi connectivity index (χ1n) is 14.7. The number of fused-ring (bicyclic) bond motifs is 8. The van der Waals surface area contributed by atoms with Crippen LogP contribution in [0.1, 0.15) is 24.1 Å². The van der Waals surface area contributed by atoms with Crippen LogP contribution in [0.4, 0.5) is 0 Å². The molecule has 4 heteroatoms. The van der Waals surface area contributed by atoms with Crippen molar-refractivity contribution in [1.82, 2.24) is 9.97 Å². The summed E-state index contributed by atoms with van der Waals surface area (Å²) in [7, 11) is 0. The van der Waals surface area contributed by atoms with Gasteiger partial charge in [0.15, 0.2) is 0 Å². The number of benzene rings is 5. The molecule has 0 bridgehead atoms. The molecule has 0 N–H and O–H groups in total. The van der Waals surface area contributed by atoms with Crippen molar-refractivity contribution in [2.75, 3.05) is 0 Å². The van der Waals surface area contributed by atoms with Gasteiger partial charge in [0.25, 0.3) is 0 Å². The predicted molar refractivity (Wildman–Crippen MR) is 181 cm³/mol. The fourth-order valence-corrected chi connectivity index (χ4v) is 8.07. The number of nitrogens with zero attached hydrogens (tertiary/aromatic N) is 2. The van der Waals surface area contributed by atoms with Crippen LogP contribution in [0.25, 0.3) is 69.8 Å². The predicted octanol–water partition coefficient (Wildman–Crippen LogP) is 10.9. The molecule has 8 aromatic rings. The Bertz CT molecular complexity index is 2440. The standard InChI is InChI=1S/C39H26N2OS/c1-23-27(25-10-6-11-26(21-25)30-16-8-17-32-31-13-4-5-18-35(31)43-38(30)32)14-7-15-28(23)33-22-40-37-36-29-12-3-2-9-24(29)19-20-34(36)42-39(37)41-33/h2-23,27H,1H3. The molecule has 3 aromatic heterocycles. The summed E-state index contributed by atoms with van der Waals surface area (Å²) in [5.74, 6) is 0.441. The molecule has 3 heterocycles. The fraction of sp³-hybridized carbons (Fsp3) is 0.0769. The first-order chi connectivity index (χ1) is 21.2. The van der Waals surface area contributed by atoms with E-state index in [1.807, 2.05) is 23.6 Å². The van der Waals surface area contributed by atoms with E-state index in [0.717, 1.165) is 27.6 Å². The van der Waals surface area contributed by atoms with Gasteiger partial charge in [0.05, 0.1) is 17.3 Å². The Hall–Kier alpha value is -5.06. The van der Waals surface area contributed by atoms with E-state index in [4.69, 9.17) is 14.4 Å². The molecule has 0 fully saturated rings. The topological polar surface area (TPSA) is 38.9 Å². The third-order valence-electron chi connectivity index (χ3n) is 8.98. The lowest BCUT2D eigenvalue weighted by molar-refractivity contribution is 0.641. The van der Waals surface area contributed by atoms with Crippen molar-refractivity contribution in [3.8, 4) is 11.1 Å². The van der Waals surface area contributed by atoms with Crippen LogP contribution in [-0.4, -0.2) is 9.97 Å². The van der Waals surface area contributed by atoms with Crippen LogP contribution in [-0.2, 0) is 0 Å². The van der Waals surface area contributed by atoms with Gasteiger partial charge in [-0.25, -0.2) is 9.97 Å². The van der Waals surface area contributed by atoms with E-state index in [-0.39, 0.29) is 11.8 Å². The second-order valence-corrected chi connectivity index (χ2v) is 12.5. The minimum absolute atomic E-state index is 0.220. The summed E-state index contributed by atoms with van der Waals surface area (Å²) >= 11 is 1.88. The quantitative estimate of drug-likeness (QED) is 0.212. The molecular weight excluding hydrogens is 545 g/mol. The lowest BCUT2D eigenvalue weighted by Crippen LogP contribution is -2.13. The van der Waals surface area contributed by atoms with Crippen LogP contribution in [0.15, 0.2) is 132 Å². The molecular formula is C39H26N2OS. The summed E-state index contributed by atoms with van der Waals surface area (Å²) in [6, 6.07) is 36.9. The minimum atomic E-state index is 0.220. The fourth-order valence-electron chi connectivity index (χ4n) is 6.84. The number of aromatic nitrogens is 2. The second-order valence-electron chi connectivity index (χ2n) is 11.4. The SMILES string of the molecule is CC1C(c2cnc3c(n2)oc2ccc4ccccc4c23)=CC=CC1c1cccc(-c2cccc3c2sc2ccccc23)c1. The molecule has 0 saturated carbocycles. The van der Waals surface area contributed by atoms with Crippen molar-refractivity contribution < 1.29 is 4.42 Å². The van der Waals surface area contributed by atoms with E-state index in [1.54, 1.807) is 0 Å². The number of hydrogen-bond acceptors (Lipinski definition) is 4. The highest BCUT2D eigenvalue weighted by Crippen LogP contribution is 2.43. The number of thiophene rings is 1. The molecule has 1 aliphatic carbocycles. The normalized spacial score (nSPS) is 17.0. The van der Waals surface area contributed by atoms with Crippen molar-refractivity contribution in [1.29, 1.82) is 0 Å². The van der Waals surface area contributed by atoms with Gasteiger partial charge in [-0.15, -0.1) is 11.3 Å².